The Hall–Kier alpha value is -1.36. The van der Waals surface area contributed by atoms with E-state index >= 15 is 0 Å². The summed E-state index contributed by atoms with van der Waals surface area (Å²) in [4.78, 5) is 20.4. The largest absolute Gasteiger partial charge is 0.362 e. The average Bonchev–Trinajstić information content (AvgIpc) is 2.49. The van der Waals surface area contributed by atoms with Gasteiger partial charge >= 0.3 is 5.69 Å². The van der Waals surface area contributed by atoms with Crippen LogP contribution in [0.4, 0.5) is 5.82 Å². The molecule has 0 aliphatic carbocycles. The molecular formula is C8H9N3OS. The quantitative estimate of drug-likeness (QED) is 0.740. The van der Waals surface area contributed by atoms with Gasteiger partial charge in [-0.2, -0.15) is 4.98 Å². The zero-order valence-electron chi connectivity index (χ0n) is 7.37. The summed E-state index contributed by atoms with van der Waals surface area (Å²) in [5.74, 6) is 0.722. The molecule has 0 amide bonds. The number of rotatable bonds is 1. The minimum Gasteiger partial charge on any atom is -0.362 e. The molecule has 2 aromatic heterocycles. The monoisotopic (exact) mass is 195 g/mol. The molecule has 0 aliphatic heterocycles. The third kappa shape index (κ3) is 1.31. The van der Waals surface area contributed by atoms with E-state index in [2.05, 4.69) is 9.97 Å². The van der Waals surface area contributed by atoms with E-state index in [0.717, 1.165) is 16.0 Å². The van der Waals surface area contributed by atoms with Crippen molar-refractivity contribution in [1.82, 2.24) is 9.97 Å². The van der Waals surface area contributed by atoms with Crippen LogP contribution in [0.1, 0.15) is 0 Å². The van der Waals surface area contributed by atoms with Crippen molar-refractivity contribution >= 4 is 27.4 Å². The van der Waals surface area contributed by atoms with Crippen molar-refractivity contribution in [3.63, 3.8) is 0 Å². The fraction of sp³-hybridized carbons (Fsp3) is 0.250. The van der Waals surface area contributed by atoms with E-state index in [9.17, 15) is 4.79 Å². The van der Waals surface area contributed by atoms with Gasteiger partial charge in [0.25, 0.3) is 0 Å². The topological polar surface area (TPSA) is 49.0 Å². The van der Waals surface area contributed by atoms with Crippen LogP contribution in [0.25, 0.3) is 10.2 Å². The Morgan fingerprint density at radius 3 is 3.00 bits per heavy atom. The number of thiophene rings is 1. The van der Waals surface area contributed by atoms with E-state index in [1.165, 1.54) is 11.3 Å². The summed E-state index contributed by atoms with van der Waals surface area (Å²) in [5, 5.41) is 2.93. The molecule has 2 heterocycles. The van der Waals surface area contributed by atoms with Gasteiger partial charge in [0.1, 0.15) is 10.6 Å². The Morgan fingerprint density at radius 2 is 2.31 bits per heavy atom. The average molecular weight is 195 g/mol. The maximum atomic E-state index is 11.1. The highest BCUT2D eigenvalue weighted by Gasteiger charge is 2.06. The first-order valence-corrected chi connectivity index (χ1v) is 4.71. The molecule has 13 heavy (non-hydrogen) atoms. The minimum atomic E-state index is -0.293. The van der Waals surface area contributed by atoms with Crippen LogP contribution >= 0.6 is 11.3 Å². The minimum absolute atomic E-state index is 0.293. The van der Waals surface area contributed by atoms with Gasteiger partial charge in [-0.05, 0) is 11.4 Å². The molecule has 5 heteroatoms. The van der Waals surface area contributed by atoms with Gasteiger partial charge in [-0.15, -0.1) is 11.3 Å². The van der Waals surface area contributed by atoms with Crippen LogP contribution in [0.5, 0.6) is 0 Å². The van der Waals surface area contributed by atoms with Crippen molar-refractivity contribution in [2.75, 3.05) is 19.0 Å². The van der Waals surface area contributed by atoms with Gasteiger partial charge < -0.3 is 4.90 Å². The van der Waals surface area contributed by atoms with Crippen LogP contribution in [0.15, 0.2) is 16.2 Å². The zero-order chi connectivity index (χ0) is 9.42. The Morgan fingerprint density at radius 1 is 1.54 bits per heavy atom. The summed E-state index contributed by atoms with van der Waals surface area (Å²) in [6, 6.07) is 1.96. The van der Waals surface area contributed by atoms with Crippen LogP contribution in [0.3, 0.4) is 0 Å². The first kappa shape index (κ1) is 8.25. The second-order valence-electron chi connectivity index (χ2n) is 2.92. The first-order chi connectivity index (χ1) is 6.18. The van der Waals surface area contributed by atoms with Gasteiger partial charge in [0.05, 0.1) is 5.39 Å². The van der Waals surface area contributed by atoms with E-state index in [1.54, 1.807) is 0 Å². The Kier molecular flexibility index (Phi) is 1.81. The Labute approximate surface area is 78.8 Å². The SMILES string of the molecule is CN(C)c1nc(=O)[nH]c2sccc12. The number of aromatic nitrogens is 2. The lowest BCUT2D eigenvalue weighted by Gasteiger charge is -2.10. The Bertz CT molecular complexity index is 485. The fourth-order valence-corrected chi connectivity index (χ4v) is 1.98. The van der Waals surface area contributed by atoms with Crippen molar-refractivity contribution in [2.45, 2.75) is 0 Å². The maximum absolute atomic E-state index is 11.1. The maximum Gasteiger partial charge on any atom is 0.347 e. The molecule has 0 spiro atoms. The van der Waals surface area contributed by atoms with Crippen LogP contribution in [-0.4, -0.2) is 24.1 Å². The molecule has 0 aromatic carbocycles. The molecule has 2 aromatic rings. The highest BCUT2D eigenvalue weighted by Crippen LogP contribution is 2.23. The standard InChI is InChI=1S/C8H9N3OS/c1-11(2)6-5-3-4-13-7(5)10-8(12)9-6/h3-4H,1-2H3,(H,9,10,12). The number of nitrogens with zero attached hydrogens (tertiary/aromatic N) is 2. The number of H-pyrrole nitrogens is 1. The second-order valence-corrected chi connectivity index (χ2v) is 3.84. The first-order valence-electron chi connectivity index (χ1n) is 3.83. The highest BCUT2D eigenvalue weighted by atomic mass is 32.1. The number of hydrogen-bond donors (Lipinski definition) is 1. The van der Waals surface area contributed by atoms with Gasteiger partial charge in [0.15, 0.2) is 0 Å². The van der Waals surface area contributed by atoms with Gasteiger partial charge in [0, 0.05) is 14.1 Å². The lowest BCUT2D eigenvalue weighted by Crippen LogP contribution is -2.18. The van der Waals surface area contributed by atoms with E-state index in [-0.39, 0.29) is 5.69 Å². The van der Waals surface area contributed by atoms with Crippen LogP contribution < -0.4 is 10.6 Å². The van der Waals surface area contributed by atoms with Crippen molar-refractivity contribution < 1.29 is 0 Å². The molecule has 0 saturated carbocycles. The normalized spacial score (nSPS) is 10.6. The van der Waals surface area contributed by atoms with Crippen LogP contribution in [0.2, 0.25) is 0 Å². The van der Waals surface area contributed by atoms with E-state index in [0.29, 0.717) is 0 Å². The third-order valence-electron chi connectivity index (χ3n) is 1.76. The number of hydrogen-bond acceptors (Lipinski definition) is 4. The fourth-order valence-electron chi connectivity index (χ4n) is 1.20. The van der Waals surface area contributed by atoms with Gasteiger partial charge in [-0.25, -0.2) is 4.79 Å². The summed E-state index contributed by atoms with van der Waals surface area (Å²) in [5.41, 5.74) is -0.293. The number of aromatic amines is 1. The summed E-state index contributed by atoms with van der Waals surface area (Å²) in [7, 11) is 3.75. The van der Waals surface area contributed by atoms with E-state index in [1.807, 2.05) is 30.4 Å². The molecule has 0 aliphatic rings. The van der Waals surface area contributed by atoms with E-state index in [4.69, 9.17) is 0 Å². The third-order valence-corrected chi connectivity index (χ3v) is 2.59. The molecule has 68 valence electrons. The number of nitrogens with one attached hydrogen (secondary N) is 1. The molecule has 0 radical (unpaired) electrons. The van der Waals surface area contributed by atoms with Gasteiger partial charge in [-0.1, -0.05) is 0 Å². The molecule has 0 bridgehead atoms. The molecule has 4 nitrogen and oxygen atoms in total. The van der Waals surface area contributed by atoms with E-state index < -0.39 is 0 Å². The molecule has 0 fully saturated rings. The summed E-state index contributed by atoms with van der Waals surface area (Å²) in [6.45, 7) is 0. The highest BCUT2D eigenvalue weighted by molar-refractivity contribution is 7.16. The van der Waals surface area contributed by atoms with Crippen molar-refractivity contribution in [1.29, 1.82) is 0 Å². The number of anilines is 1. The molecular weight excluding hydrogens is 186 g/mol. The van der Waals surface area contributed by atoms with Crippen LogP contribution in [0, 0.1) is 0 Å². The smallest absolute Gasteiger partial charge is 0.347 e. The molecule has 0 unspecified atom stereocenters. The van der Waals surface area contributed by atoms with Crippen molar-refractivity contribution in [3.05, 3.63) is 21.9 Å². The molecule has 1 N–H and O–H groups in total. The molecule has 0 saturated heterocycles. The molecule has 0 atom stereocenters. The summed E-state index contributed by atoms with van der Waals surface area (Å²) >= 11 is 1.51. The predicted molar refractivity (Wildman–Crippen MR) is 54.6 cm³/mol. The molecule has 2 rings (SSSR count). The van der Waals surface area contributed by atoms with Gasteiger partial charge in [-0.3, -0.25) is 4.98 Å². The zero-order valence-corrected chi connectivity index (χ0v) is 8.18. The lowest BCUT2D eigenvalue weighted by atomic mass is 10.4. The second kappa shape index (κ2) is 2.85. The van der Waals surface area contributed by atoms with Crippen LogP contribution in [-0.2, 0) is 0 Å². The predicted octanol–water partition coefficient (Wildman–Crippen LogP) is 1.05. The summed E-state index contributed by atoms with van der Waals surface area (Å²) in [6.07, 6.45) is 0. The van der Waals surface area contributed by atoms with Gasteiger partial charge in [0.2, 0.25) is 0 Å². The number of fused-ring (bicyclic) bond motifs is 1. The Balaban J connectivity index is 2.85. The van der Waals surface area contributed by atoms with Crippen molar-refractivity contribution in [2.24, 2.45) is 0 Å². The summed E-state index contributed by atoms with van der Waals surface area (Å²) < 4.78 is 0. The van der Waals surface area contributed by atoms with Crippen molar-refractivity contribution in [3.8, 4) is 0 Å². The lowest BCUT2D eigenvalue weighted by molar-refractivity contribution is 1.03.